The highest BCUT2D eigenvalue weighted by Crippen LogP contribution is 2.20. The number of ether oxygens (including phenoxy) is 1. The van der Waals surface area contributed by atoms with Crippen molar-refractivity contribution >= 4 is 45.1 Å². The van der Waals surface area contributed by atoms with E-state index in [0.29, 0.717) is 24.5 Å². The fourth-order valence-corrected chi connectivity index (χ4v) is 5.01. The summed E-state index contributed by atoms with van der Waals surface area (Å²) in [6.45, 7) is 5.10. The van der Waals surface area contributed by atoms with Crippen molar-refractivity contribution in [3.8, 4) is 0 Å². The van der Waals surface area contributed by atoms with Crippen molar-refractivity contribution in [1.82, 2.24) is 9.21 Å². The number of nitrogens with zero attached hydrogens (tertiary/aromatic N) is 2. The van der Waals surface area contributed by atoms with Gasteiger partial charge in [-0.3, -0.25) is 14.4 Å². The van der Waals surface area contributed by atoms with Gasteiger partial charge in [-0.1, -0.05) is 6.07 Å². The van der Waals surface area contributed by atoms with E-state index in [2.05, 4.69) is 10.6 Å². The van der Waals surface area contributed by atoms with Gasteiger partial charge in [-0.15, -0.1) is 0 Å². The summed E-state index contributed by atoms with van der Waals surface area (Å²) < 4.78 is 32.6. The van der Waals surface area contributed by atoms with Crippen LogP contribution in [0.25, 0.3) is 0 Å². The summed E-state index contributed by atoms with van der Waals surface area (Å²) in [5, 5.41) is 5.22. The highest BCUT2D eigenvalue weighted by Gasteiger charge is 2.30. The fraction of sp³-hybridized carbons (Fsp3) is 0.333. The molecule has 2 aromatic rings. The first-order valence-corrected chi connectivity index (χ1v) is 12.7. The quantitative estimate of drug-likeness (QED) is 0.533. The first-order chi connectivity index (χ1) is 17.0. The molecule has 0 aliphatic carbocycles. The van der Waals surface area contributed by atoms with Crippen molar-refractivity contribution in [3.05, 3.63) is 54.1 Å². The zero-order valence-corrected chi connectivity index (χ0v) is 21.0. The summed E-state index contributed by atoms with van der Waals surface area (Å²) in [6.07, 6.45) is -1.16. The Balaban J connectivity index is 1.62. The molecule has 11 nitrogen and oxygen atoms in total. The molecule has 12 heteroatoms. The topological polar surface area (TPSA) is 142 Å². The molecule has 36 heavy (non-hydrogen) atoms. The van der Waals surface area contributed by atoms with Crippen molar-refractivity contribution in [2.75, 3.05) is 36.8 Å². The third-order valence-electron chi connectivity index (χ3n) is 5.52. The van der Waals surface area contributed by atoms with Crippen LogP contribution in [0.15, 0.2) is 53.4 Å². The molecule has 0 bridgehead atoms. The molecule has 0 unspecified atom stereocenters. The van der Waals surface area contributed by atoms with Crippen LogP contribution >= 0.6 is 0 Å². The van der Waals surface area contributed by atoms with Crippen LogP contribution < -0.4 is 10.6 Å². The Bertz CT molecular complexity index is 1250. The highest BCUT2D eigenvalue weighted by molar-refractivity contribution is 7.89. The predicted octanol–water partition coefficient (Wildman–Crippen LogP) is 1.68. The number of hydrogen-bond acceptors (Lipinski definition) is 7. The molecule has 0 spiro atoms. The van der Waals surface area contributed by atoms with Crippen molar-refractivity contribution in [2.45, 2.75) is 31.8 Å². The molecule has 1 fully saturated rings. The van der Waals surface area contributed by atoms with Crippen molar-refractivity contribution < 1.29 is 32.3 Å². The van der Waals surface area contributed by atoms with Gasteiger partial charge in [0, 0.05) is 51.4 Å². The largest absolute Gasteiger partial charge is 0.449 e. The number of sulfonamides is 1. The van der Waals surface area contributed by atoms with E-state index in [-0.39, 0.29) is 35.4 Å². The average Bonchev–Trinajstić information content (AvgIpc) is 2.85. The highest BCUT2D eigenvalue weighted by atomic mass is 32.2. The molecule has 1 atom stereocenters. The van der Waals surface area contributed by atoms with Crippen LogP contribution in [-0.4, -0.2) is 73.6 Å². The molecular weight excluding hydrogens is 488 g/mol. The summed E-state index contributed by atoms with van der Waals surface area (Å²) in [4.78, 5) is 49.2. The number of piperazine rings is 1. The van der Waals surface area contributed by atoms with Crippen LogP contribution in [0.1, 0.15) is 31.1 Å². The van der Waals surface area contributed by atoms with E-state index in [0.717, 1.165) is 0 Å². The fourth-order valence-electron chi connectivity index (χ4n) is 3.54. The molecule has 0 radical (unpaired) electrons. The minimum atomic E-state index is -3.88. The SMILES string of the molecule is CC(=O)Nc1ccc(NC(=O)[C@@H](C)OC(=O)c2cccc(S(=O)(=O)N3CCN(C(C)=O)CC3)c2)cc1. The molecule has 192 valence electrons. The first kappa shape index (κ1) is 26.8. The second-order valence-corrected chi connectivity index (χ2v) is 10.2. The lowest BCUT2D eigenvalue weighted by molar-refractivity contribution is -0.130. The third kappa shape index (κ3) is 6.67. The number of carbonyl (C=O) groups is 4. The van der Waals surface area contributed by atoms with E-state index in [1.165, 1.54) is 49.3 Å². The Morgan fingerprint density at radius 1 is 0.889 bits per heavy atom. The minimum absolute atomic E-state index is 0.0160. The molecule has 1 aliphatic heterocycles. The monoisotopic (exact) mass is 516 g/mol. The lowest BCUT2D eigenvalue weighted by atomic mass is 10.2. The van der Waals surface area contributed by atoms with Gasteiger partial charge in [0.15, 0.2) is 6.10 Å². The second kappa shape index (κ2) is 11.3. The maximum Gasteiger partial charge on any atom is 0.338 e. The van der Waals surface area contributed by atoms with E-state index < -0.39 is 28.0 Å². The molecule has 3 amide bonds. The normalized spacial score (nSPS) is 15.0. The van der Waals surface area contributed by atoms with Crippen LogP contribution in [-0.2, 0) is 29.1 Å². The molecule has 2 aromatic carbocycles. The number of nitrogens with one attached hydrogen (secondary N) is 2. The van der Waals surface area contributed by atoms with Gasteiger partial charge in [-0.2, -0.15) is 4.31 Å². The Kier molecular flexibility index (Phi) is 8.43. The van der Waals surface area contributed by atoms with E-state index in [1.54, 1.807) is 29.2 Å². The minimum Gasteiger partial charge on any atom is -0.449 e. The summed E-state index contributed by atoms with van der Waals surface area (Å²) in [7, 11) is -3.88. The van der Waals surface area contributed by atoms with Gasteiger partial charge in [-0.25, -0.2) is 13.2 Å². The Morgan fingerprint density at radius 3 is 2.03 bits per heavy atom. The number of carbonyl (C=O) groups excluding carboxylic acids is 4. The van der Waals surface area contributed by atoms with Crippen LogP contribution in [0.4, 0.5) is 11.4 Å². The van der Waals surface area contributed by atoms with Crippen molar-refractivity contribution in [2.24, 2.45) is 0 Å². The summed E-state index contributed by atoms with van der Waals surface area (Å²) >= 11 is 0. The van der Waals surface area contributed by atoms with Gasteiger partial charge in [0.25, 0.3) is 5.91 Å². The number of anilines is 2. The van der Waals surface area contributed by atoms with E-state index >= 15 is 0 Å². The van der Waals surface area contributed by atoms with E-state index in [1.807, 2.05) is 0 Å². The van der Waals surface area contributed by atoms with Crippen LogP contribution in [0.2, 0.25) is 0 Å². The summed E-state index contributed by atoms with van der Waals surface area (Å²) in [6, 6.07) is 11.8. The summed E-state index contributed by atoms with van der Waals surface area (Å²) in [5.41, 5.74) is 0.989. The molecule has 0 saturated carbocycles. The van der Waals surface area contributed by atoms with Crippen molar-refractivity contribution in [3.63, 3.8) is 0 Å². The van der Waals surface area contributed by atoms with Gasteiger partial charge in [0.2, 0.25) is 21.8 Å². The molecular formula is C24H28N4O7S. The van der Waals surface area contributed by atoms with Gasteiger partial charge < -0.3 is 20.3 Å². The lowest BCUT2D eigenvalue weighted by Crippen LogP contribution is -2.49. The molecule has 1 aliphatic rings. The maximum atomic E-state index is 13.0. The molecule has 3 rings (SSSR count). The molecule has 0 aromatic heterocycles. The smallest absolute Gasteiger partial charge is 0.338 e. The standard InChI is InChI=1S/C24H28N4O7S/c1-16(23(31)26-21-9-7-20(8-10-21)25-17(2)29)35-24(32)19-5-4-6-22(15-19)36(33,34)28-13-11-27(12-14-28)18(3)30/h4-10,15-16H,11-14H2,1-3H3,(H,25,29)(H,26,31)/t16-/m1/s1. The molecule has 1 saturated heterocycles. The number of amides is 3. The zero-order valence-electron chi connectivity index (χ0n) is 20.2. The predicted molar refractivity (Wildman–Crippen MR) is 132 cm³/mol. The Morgan fingerprint density at radius 2 is 1.47 bits per heavy atom. The number of esters is 1. The average molecular weight is 517 g/mol. The second-order valence-electron chi connectivity index (χ2n) is 8.23. The zero-order chi connectivity index (χ0) is 26.5. The number of rotatable bonds is 7. The van der Waals surface area contributed by atoms with Crippen molar-refractivity contribution in [1.29, 1.82) is 0 Å². The maximum absolute atomic E-state index is 13.0. The lowest BCUT2D eigenvalue weighted by Gasteiger charge is -2.33. The molecule has 1 heterocycles. The Hall–Kier alpha value is -3.77. The van der Waals surface area contributed by atoms with Crippen LogP contribution in [0, 0.1) is 0 Å². The Labute approximate surface area is 209 Å². The van der Waals surface area contributed by atoms with Crippen LogP contribution in [0.3, 0.4) is 0 Å². The number of hydrogen-bond donors (Lipinski definition) is 2. The third-order valence-corrected chi connectivity index (χ3v) is 7.41. The molecule has 2 N–H and O–H groups in total. The first-order valence-electron chi connectivity index (χ1n) is 11.2. The van der Waals surface area contributed by atoms with E-state index in [4.69, 9.17) is 4.74 Å². The van der Waals surface area contributed by atoms with Gasteiger partial charge in [0.05, 0.1) is 10.5 Å². The van der Waals surface area contributed by atoms with Crippen LogP contribution in [0.5, 0.6) is 0 Å². The summed E-state index contributed by atoms with van der Waals surface area (Å²) in [5.74, 6) is -1.77. The van der Waals surface area contributed by atoms with Gasteiger partial charge >= 0.3 is 5.97 Å². The number of benzene rings is 2. The van der Waals surface area contributed by atoms with Gasteiger partial charge in [-0.05, 0) is 49.4 Å². The van der Waals surface area contributed by atoms with E-state index in [9.17, 15) is 27.6 Å². The van der Waals surface area contributed by atoms with Gasteiger partial charge in [0.1, 0.15) is 0 Å².